The van der Waals surface area contributed by atoms with Gasteiger partial charge in [0.05, 0.1) is 0 Å². The molecule has 0 aliphatic rings. The van der Waals surface area contributed by atoms with Crippen LogP contribution in [-0.2, 0) is 5.75 Å². The molecule has 15 heavy (non-hydrogen) atoms. The van der Waals surface area contributed by atoms with Crippen LogP contribution in [0.5, 0.6) is 0 Å². The van der Waals surface area contributed by atoms with Crippen LogP contribution in [0.4, 0.5) is 0 Å². The molecular weight excluding hydrogens is 360 g/mol. The van der Waals surface area contributed by atoms with Crippen LogP contribution >= 0.6 is 58.5 Å². The standard InChI is InChI=1S/C9H12N2S2.2BrH/c1-10-9(11-12)13-7-8-5-3-2-4-6-8;;/h2-6,12H,7H2,1H3,(H,10,11);2*1H. The van der Waals surface area contributed by atoms with Crippen molar-refractivity contribution in [1.82, 2.24) is 4.72 Å². The van der Waals surface area contributed by atoms with Crippen molar-refractivity contribution in [2.75, 3.05) is 7.05 Å². The number of amidine groups is 1. The Hall–Kier alpha value is 0.350. The third kappa shape index (κ3) is 7.27. The summed E-state index contributed by atoms with van der Waals surface area (Å²) >= 11 is 5.58. The second-order valence-corrected chi connectivity index (χ2v) is 3.60. The second-order valence-electron chi connectivity index (χ2n) is 2.41. The number of aliphatic imine (C=N–C) groups is 1. The van der Waals surface area contributed by atoms with Gasteiger partial charge in [-0.25, -0.2) is 0 Å². The van der Waals surface area contributed by atoms with E-state index in [2.05, 4.69) is 34.7 Å². The largest absolute Gasteiger partial charge is 0.312 e. The number of thiol groups is 1. The molecule has 1 N–H and O–H groups in total. The lowest BCUT2D eigenvalue weighted by atomic mass is 10.2. The normalized spacial score (nSPS) is 9.87. The van der Waals surface area contributed by atoms with E-state index in [4.69, 9.17) is 0 Å². The third-order valence-corrected chi connectivity index (χ3v) is 2.92. The molecular formula is C9H14Br2N2S2. The van der Waals surface area contributed by atoms with Crippen LogP contribution in [0.25, 0.3) is 0 Å². The molecule has 0 saturated heterocycles. The summed E-state index contributed by atoms with van der Waals surface area (Å²) in [6, 6.07) is 10.3. The monoisotopic (exact) mass is 372 g/mol. The van der Waals surface area contributed by atoms with Gasteiger partial charge in [-0.15, -0.1) is 34.0 Å². The highest BCUT2D eigenvalue weighted by atomic mass is 79.9. The molecule has 0 heterocycles. The predicted octanol–water partition coefficient (Wildman–Crippen LogP) is 3.50. The van der Waals surface area contributed by atoms with Gasteiger partial charge >= 0.3 is 0 Å². The highest BCUT2D eigenvalue weighted by molar-refractivity contribution is 8.93. The Morgan fingerprint density at radius 2 is 1.93 bits per heavy atom. The molecule has 0 saturated carbocycles. The molecule has 2 nitrogen and oxygen atoms in total. The maximum Gasteiger partial charge on any atom is 0.166 e. The number of halogens is 2. The van der Waals surface area contributed by atoms with Crippen LogP contribution in [0.1, 0.15) is 5.56 Å². The molecule has 0 unspecified atom stereocenters. The van der Waals surface area contributed by atoms with Gasteiger partial charge in [0.25, 0.3) is 0 Å². The molecule has 0 amide bonds. The Labute approximate surface area is 121 Å². The van der Waals surface area contributed by atoms with Crippen molar-refractivity contribution >= 4 is 63.7 Å². The van der Waals surface area contributed by atoms with E-state index >= 15 is 0 Å². The van der Waals surface area contributed by atoms with E-state index < -0.39 is 0 Å². The minimum atomic E-state index is 0. The van der Waals surface area contributed by atoms with Crippen LogP contribution in [0.3, 0.4) is 0 Å². The Morgan fingerprint density at radius 1 is 1.33 bits per heavy atom. The van der Waals surface area contributed by atoms with Gasteiger partial charge in [-0.3, -0.25) is 4.99 Å². The SMILES string of the molecule is Br.Br.CN=C(NS)SCc1ccccc1. The summed E-state index contributed by atoms with van der Waals surface area (Å²) in [5.74, 6) is 0.918. The Balaban J connectivity index is 0. The van der Waals surface area contributed by atoms with Crippen LogP contribution in [0.2, 0.25) is 0 Å². The number of rotatable bonds is 2. The molecule has 86 valence electrons. The quantitative estimate of drug-likeness (QED) is 0.471. The van der Waals surface area contributed by atoms with Crippen molar-refractivity contribution in [2.24, 2.45) is 4.99 Å². The fraction of sp³-hybridized carbons (Fsp3) is 0.222. The highest BCUT2D eigenvalue weighted by Gasteiger charge is 1.96. The summed E-state index contributed by atoms with van der Waals surface area (Å²) in [5.41, 5.74) is 1.29. The summed E-state index contributed by atoms with van der Waals surface area (Å²) < 4.78 is 2.73. The van der Waals surface area contributed by atoms with E-state index in [0.29, 0.717) is 0 Å². The van der Waals surface area contributed by atoms with E-state index in [9.17, 15) is 0 Å². The van der Waals surface area contributed by atoms with E-state index in [1.165, 1.54) is 5.56 Å². The van der Waals surface area contributed by atoms with Crippen LogP contribution < -0.4 is 4.72 Å². The molecule has 0 aliphatic heterocycles. The third-order valence-electron chi connectivity index (χ3n) is 1.52. The van der Waals surface area contributed by atoms with Gasteiger partial charge in [0.1, 0.15) is 0 Å². The first-order chi connectivity index (χ1) is 6.36. The minimum Gasteiger partial charge on any atom is -0.312 e. The van der Waals surface area contributed by atoms with Crippen molar-refractivity contribution in [3.8, 4) is 0 Å². The summed E-state index contributed by atoms with van der Waals surface area (Å²) in [6.07, 6.45) is 0. The molecule has 1 aromatic carbocycles. The lowest BCUT2D eigenvalue weighted by Crippen LogP contribution is -2.07. The predicted molar refractivity (Wildman–Crippen MR) is 83.9 cm³/mol. The average molecular weight is 374 g/mol. The van der Waals surface area contributed by atoms with Gasteiger partial charge in [0.2, 0.25) is 0 Å². The van der Waals surface area contributed by atoms with E-state index in [1.807, 2.05) is 18.2 Å². The number of nitrogens with one attached hydrogen (secondary N) is 1. The number of nitrogens with zero attached hydrogens (tertiary/aromatic N) is 1. The fourth-order valence-corrected chi connectivity index (χ4v) is 1.86. The van der Waals surface area contributed by atoms with Crippen molar-refractivity contribution < 1.29 is 0 Å². The van der Waals surface area contributed by atoms with Crippen LogP contribution in [0, 0.1) is 0 Å². The number of hydrogen-bond donors (Lipinski definition) is 2. The first-order valence-electron chi connectivity index (χ1n) is 3.90. The minimum absolute atomic E-state index is 0. The van der Waals surface area contributed by atoms with Crippen LogP contribution in [0.15, 0.2) is 35.3 Å². The van der Waals surface area contributed by atoms with Gasteiger partial charge < -0.3 is 4.72 Å². The average Bonchev–Trinajstić information content (AvgIpc) is 2.21. The maximum absolute atomic E-state index is 4.01. The van der Waals surface area contributed by atoms with Gasteiger partial charge in [0.15, 0.2) is 5.17 Å². The molecule has 6 heteroatoms. The topological polar surface area (TPSA) is 24.4 Å². The molecule has 0 radical (unpaired) electrons. The Bertz CT molecular complexity index is 281. The fourth-order valence-electron chi connectivity index (χ4n) is 0.873. The maximum atomic E-state index is 4.01. The van der Waals surface area contributed by atoms with Gasteiger partial charge in [-0.05, 0) is 5.56 Å². The van der Waals surface area contributed by atoms with E-state index in [-0.39, 0.29) is 34.0 Å². The lowest BCUT2D eigenvalue weighted by molar-refractivity contribution is 1.39. The van der Waals surface area contributed by atoms with Gasteiger partial charge in [-0.1, -0.05) is 54.9 Å². The zero-order valence-corrected chi connectivity index (χ0v) is 13.4. The summed E-state index contributed by atoms with van der Waals surface area (Å²) in [5, 5.41) is 0.840. The summed E-state index contributed by atoms with van der Waals surface area (Å²) in [6.45, 7) is 0. The van der Waals surface area contributed by atoms with E-state index in [1.54, 1.807) is 18.8 Å². The van der Waals surface area contributed by atoms with Crippen molar-refractivity contribution in [2.45, 2.75) is 5.75 Å². The molecule has 0 bridgehead atoms. The first kappa shape index (κ1) is 17.7. The van der Waals surface area contributed by atoms with Crippen LogP contribution in [-0.4, -0.2) is 12.2 Å². The molecule has 0 aliphatic carbocycles. The molecule has 0 fully saturated rings. The molecule has 1 rings (SSSR count). The molecule has 0 atom stereocenters. The summed E-state index contributed by atoms with van der Waals surface area (Å²) in [4.78, 5) is 4.01. The molecule has 0 spiro atoms. The summed E-state index contributed by atoms with van der Waals surface area (Å²) in [7, 11) is 1.75. The highest BCUT2D eigenvalue weighted by Crippen LogP contribution is 2.12. The number of thioether (sulfide) groups is 1. The second kappa shape index (κ2) is 10.9. The molecule has 0 aromatic heterocycles. The zero-order valence-electron chi connectivity index (χ0n) is 8.21. The Kier molecular flexibility index (Phi) is 12.8. The van der Waals surface area contributed by atoms with Crippen molar-refractivity contribution in [3.63, 3.8) is 0 Å². The Morgan fingerprint density at radius 3 is 2.40 bits per heavy atom. The number of benzene rings is 1. The van der Waals surface area contributed by atoms with Gasteiger partial charge in [0, 0.05) is 12.8 Å². The van der Waals surface area contributed by atoms with Gasteiger partial charge in [-0.2, -0.15) is 0 Å². The van der Waals surface area contributed by atoms with E-state index in [0.717, 1.165) is 10.9 Å². The smallest absolute Gasteiger partial charge is 0.166 e. The first-order valence-corrected chi connectivity index (χ1v) is 5.33. The zero-order chi connectivity index (χ0) is 9.52. The lowest BCUT2D eigenvalue weighted by Gasteiger charge is -2.02. The molecule has 1 aromatic rings. The number of hydrogen-bond acceptors (Lipinski definition) is 3. The van der Waals surface area contributed by atoms with Crippen molar-refractivity contribution in [1.29, 1.82) is 0 Å². The van der Waals surface area contributed by atoms with Crippen molar-refractivity contribution in [3.05, 3.63) is 35.9 Å².